The number of nitrogens with one attached hydrogen (secondary N) is 1. The third kappa shape index (κ3) is 2.48. The molecule has 4 nitrogen and oxygen atoms in total. The van der Waals surface area contributed by atoms with Crippen molar-refractivity contribution in [2.24, 2.45) is 0 Å². The number of carbonyl (C=O) groups excluding carboxylic acids is 1. The lowest BCUT2D eigenvalue weighted by molar-refractivity contribution is -0.122. The number of rotatable bonds is 2. The van der Waals surface area contributed by atoms with Crippen LogP contribution in [0.3, 0.4) is 0 Å². The first kappa shape index (κ1) is 12.9. The Kier molecular flexibility index (Phi) is 3.87. The summed E-state index contributed by atoms with van der Waals surface area (Å²) in [6.45, 7) is 4.62. The molecule has 1 saturated heterocycles. The second-order valence-corrected chi connectivity index (χ2v) is 4.87. The average molecular weight is 248 g/mol. The zero-order valence-corrected chi connectivity index (χ0v) is 10.9. The van der Waals surface area contributed by atoms with Crippen molar-refractivity contribution in [3.05, 3.63) is 29.8 Å². The van der Waals surface area contributed by atoms with Crippen LogP contribution in [0.5, 0.6) is 0 Å². The molecule has 18 heavy (non-hydrogen) atoms. The van der Waals surface area contributed by atoms with Gasteiger partial charge in [0.1, 0.15) is 6.04 Å². The Hall–Kier alpha value is -1.55. The minimum absolute atomic E-state index is 0.0950. The molecular formula is C14H20N2O2. The Morgan fingerprint density at radius 3 is 2.67 bits per heavy atom. The van der Waals surface area contributed by atoms with Gasteiger partial charge in [-0.25, -0.2) is 0 Å². The largest absolute Gasteiger partial charge is 0.394 e. The summed E-state index contributed by atoms with van der Waals surface area (Å²) in [5, 5.41) is 12.3. The van der Waals surface area contributed by atoms with Crippen molar-refractivity contribution in [2.75, 3.05) is 18.1 Å². The van der Waals surface area contributed by atoms with Gasteiger partial charge in [-0.2, -0.15) is 0 Å². The molecule has 2 atom stereocenters. The van der Waals surface area contributed by atoms with E-state index in [1.165, 1.54) is 5.56 Å². The van der Waals surface area contributed by atoms with E-state index in [9.17, 15) is 9.90 Å². The van der Waals surface area contributed by atoms with Gasteiger partial charge in [0.15, 0.2) is 0 Å². The first-order chi connectivity index (χ1) is 8.63. The van der Waals surface area contributed by atoms with E-state index in [0.717, 1.165) is 12.1 Å². The van der Waals surface area contributed by atoms with Crippen molar-refractivity contribution in [1.82, 2.24) is 5.32 Å². The molecule has 0 bridgehead atoms. The van der Waals surface area contributed by atoms with Gasteiger partial charge >= 0.3 is 0 Å². The van der Waals surface area contributed by atoms with Gasteiger partial charge in [0.2, 0.25) is 5.91 Å². The molecule has 2 rings (SSSR count). The lowest BCUT2D eigenvalue weighted by Crippen LogP contribution is -2.49. The first-order valence-electron chi connectivity index (χ1n) is 6.37. The van der Waals surface area contributed by atoms with E-state index < -0.39 is 6.04 Å². The van der Waals surface area contributed by atoms with Gasteiger partial charge in [0, 0.05) is 18.3 Å². The fourth-order valence-corrected chi connectivity index (χ4v) is 2.42. The number of aliphatic hydroxyl groups is 1. The Morgan fingerprint density at radius 2 is 2.06 bits per heavy atom. The summed E-state index contributed by atoms with van der Waals surface area (Å²) in [5.74, 6) is -0.0950. The monoisotopic (exact) mass is 248 g/mol. The minimum Gasteiger partial charge on any atom is -0.394 e. The van der Waals surface area contributed by atoms with Crippen LogP contribution in [0.15, 0.2) is 24.3 Å². The van der Waals surface area contributed by atoms with E-state index in [-0.39, 0.29) is 18.6 Å². The van der Waals surface area contributed by atoms with Crippen LogP contribution < -0.4 is 10.2 Å². The topological polar surface area (TPSA) is 52.6 Å². The van der Waals surface area contributed by atoms with Crippen molar-refractivity contribution in [2.45, 2.75) is 32.4 Å². The number of hydrogen-bond donors (Lipinski definition) is 2. The average Bonchev–Trinajstić information content (AvgIpc) is 2.49. The van der Waals surface area contributed by atoms with Gasteiger partial charge in [-0.15, -0.1) is 0 Å². The van der Waals surface area contributed by atoms with Crippen LogP contribution in [0.2, 0.25) is 0 Å². The molecule has 1 aromatic rings. The highest BCUT2D eigenvalue weighted by Gasteiger charge is 2.31. The molecule has 4 heteroatoms. The van der Waals surface area contributed by atoms with Gasteiger partial charge in [-0.1, -0.05) is 17.7 Å². The number of nitrogens with zero attached hydrogens (tertiary/aromatic N) is 1. The van der Waals surface area contributed by atoms with E-state index in [1.807, 2.05) is 36.1 Å². The number of benzene rings is 1. The molecule has 0 aliphatic carbocycles. The summed E-state index contributed by atoms with van der Waals surface area (Å²) in [5.41, 5.74) is 2.18. The second kappa shape index (κ2) is 5.40. The molecule has 98 valence electrons. The maximum atomic E-state index is 11.9. The molecule has 0 saturated carbocycles. The molecular weight excluding hydrogens is 228 g/mol. The molecule has 2 unspecified atom stereocenters. The summed E-state index contributed by atoms with van der Waals surface area (Å²) in [7, 11) is 0. The molecule has 1 aromatic carbocycles. The van der Waals surface area contributed by atoms with Gasteiger partial charge in [0.05, 0.1) is 6.61 Å². The molecule has 1 aliphatic rings. The van der Waals surface area contributed by atoms with Gasteiger partial charge in [-0.05, 0) is 32.4 Å². The molecule has 0 aromatic heterocycles. The number of aliphatic hydroxyl groups excluding tert-OH is 1. The lowest BCUT2D eigenvalue weighted by atomic mass is 10.1. The molecule has 0 spiro atoms. The first-order valence-corrected chi connectivity index (χ1v) is 6.37. The van der Waals surface area contributed by atoms with Gasteiger partial charge in [0.25, 0.3) is 0 Å². The van der Waals surface area contributed by atoms with Crippen LogP contribution in [0.4, 0.5) is 5.69 Å². The maximum absolute atomic E-state index is 11.9. The number of hydrogen-bond acceptors (Lipinski definition) is 3. The highest BCUT2D eigenvalue weighted by molar-refractivity contribution is 5.86. The molecule has 1 amide bonds. The van der Waals surface area contributed by atoms with Crippen LogP contribution in [0.25, 0.3) is 0 Å². The minimum atomic E-state index is -0.495. The number of anilines is 1. The Morgan fingerprint density at radius 1 is 1.39 bits per heavy atom. The summed E-state index contributed by atoms with van der Waals surface area (Å²) in [6.07, 6.45) is 0.885. The summed E-state index contributed by atoms with van der Waals surface area (Å²) in [4.78, 5) is 13.9. The van der Waals surface area contributed by atoms with Crippen LogP contribution in [-0.2, 0) is 4.79 Å². The van der Waals surface area contributed by atoms with Crippen LogP contribution in [-0.4, -0.2) is 36.2 Å². The number of carbonyl (C=O) groups is 1. The Balaban J connectivity index is 2.35. The fraction of sp³-hybridized carbons (Fsp3) is 0.500. The highest BCUT2D eigenvalue weighted by Crippen LogP contribution is 2.23. The zero-order valence-electron chi connectivity index (χ0n) is 10.9. The number of aryl methyl sites for hydroxylation is 1. The third-order valence-corrected chi connectivity index (χ3v) is 3.48. The van der Waals surface area contributed by atoms with Crippen molar-refractivity contribution in [3.8, 4) is 0 Å². The summed E-state index contributed by atoms with van der Waals surface area (Å²) < 4.78 is 0. The van der Waals surface area contributed by atoms with E-state index in [0.29, 0.717) is 6.54 Å². The Bertz CT molecular complexity index is 416. The SMILES string of the molecule is Cc1ccc(N2C(C)CCNC(=O)C2CO)cc1. The Labute approximate surface area is 108 Å². The molecule has 1 heterocycles. The lowest BCUT2D eigenvalue weighted by Gasteiger charge is -2.34. The molecule has 0 radical (unpaired) electrons. The van der Waals surface area contributed by atoms with E-state index in [4.69, 9.17) is 0 Å². The smallest absolute Gasteiger partial charge is 0.245 e. The maximum Gasteiger partial charge on any atom is 0.245 e. The predicted molar refractivity (Wildman–Crippen MR) is 71.6 cm³/mol. The van der Waals surface area contributed by atoms with Crippen molar-refractivity contribution < 1.29 is 9.90 Å². The summed E-state index contributed by atoms with van der Waals surface area (Å²) in [6, 6.07) is 7.80. The molecule has 2 N–H and O–H groups in total. The highest BCUT2D eigenvalue weighted by atomic mass is 16.3. The van der Waals surface area contributed by atoms with Crippen LogP contribution >= 0.6 is 0 Å². The van der Waals surface area contributed by atoms with Crippen LogP contribution in [0.1, 0.15) is 18.9 Å². The van der Waals surface area contributed by atoms with Crippen molar-refractivity contribution >= 4 is 11.6 Å². The number of amides is 1. The zero-order chi connectivity index (χ0) is 13.1. The van der Waals surface area contributed by atoms with Crippen molar-refractivity contribution in [1.29, 1.82) is 0 Å². The summed E-state index contributed by atoms with van der Waals surface area (Å²) >= 11 is 0. The quantitative estimate of drug-likeness (QED) is 0.823. The normalized spacial score (nSPS) is 24.6. The van der Waals surface area contributed by atoms with Crippen molar-refractivity contribution in [3.63, 3.8) is 0 Å². The van der Waals surface area contributed by atoms with Gasteiger partial charge in [-0.3, -0.25) is 4.79 Å². The predicted octanol–water partition coefficient (Wildman–Crippen LogP) is 1.07. The van der Waals surface area contributed by atoms with Crippen LogP contribution in [0, 0.1) is 6.92 Å². The van der Waals surface area contributed by atoms with E-state index in [1.54, 1.807) is 0 Å². The van der Waals surface area contributed by atoms with E-state index >= 15 is 0 Å². The fourth-order valence-electron chi connectivity index (χ4n) is 2.42. The van der Waals surface area contributed by atoms with E-state index in [2.05, 4.69) is 12.2 Å². The van der Waals surface area contributed by atoms with Gasteiger partial charge < -0.3 is 15.3 Å². The standard InChI is InChI=1S/C14H20N2O2/c1-10-3-5-12(6-4-10)16-11(2)7-8-15-14(18)13(16)9-17/h3-6,11,13,17H,7-9H2,1-2H3,(H,15,18). The molecule has 1 aliphatic heterocycles. The second-order valence-electron chi connectivity index (χ2n) is 4.87. The third-order valence-electron chi connectivity index (χ3n) is 3.48. The molecule has 1 fully saturated rings.